The van der Waals surface area contributed by atoms with Crippen LogP contribution in [0.25, 0.3) is 22.2 Å². The van der Waals surface area contributed by atoms with Gasteiger partial charge in [-0.3, -0.25) is 4.79 Å². The van der Waals surface area contributed by atoms with Gasteiger partial charge in [0.2, 0.25) is 0 Å². The molecule has 0 aliphatic rings. The van der Waals surface area contributed by atoms with E-state index in [1.807, 2.05) is 30.5 Å². The van der Waals surface area contributed by atoms with Gasteiger partial charge in [0, 0.05) is 29.2 Å². The number of hydrogen-bond acceptors (Lipinski definition) is 3. The molecule has 0 saturated carbocycles. The van der Waals surface area contributed by atoms with Crippen LogP contribution in [-0.2, 0) is 6.42 Å². The Bertz CT molecular complexity index is 1050. The number of rotatable bonds is 5. The maximum Gasteiger partial charge on any atom is 0.274 e. The van der Waals surface area contributed by atoms with Crippen molar-refractivity contribution >= 4 is 16.8 Å². The van der Waals surface area contributed by atoms with E-state index in [-0.39, 0.29) is 17.4 Å². The number of halogens is 1. The number of hydrogen-bond donors (Lipinski definition) is 3. The van der Waals surface area contributed by atoms with Gasteiger partial charge in [-0.25, -0.2) is 4.39 Å². The monoisotopic (exact) mass is 349 g/mol. The summed E-state index contributed by atoms with van der Waals surface area (Å²) in [5.74, 6) is -0.667. The van der Waals surface area contributed by atoms with Gasteiger partial charge < -0.3 is 10.3 Å². The zero-order valence-electron chi connectivity index (χ0n) is 13.8. The van der Waals surface area contributed by atoms with Gasteiger partial charge in [0.05, 0.1) is 0 Å². The number of carbonyl (C=O) groups is 1. The number of para-hydroxylation sites is 1. The van der Waals surface area contributed by atoms with Crippen LogP contribution >= 0.6 is 0 Å². The summed E-state index contributed by atoms with van der Waals surface area (Å²) >= 11 is 0. The molecule has 2 heterocycles. The first-order chi connectivity index (χ1) is 12.7. The molecule has 4 rings (SSSR count). The van der Waals surface area contributed by atoms with E-state index in [0.717, 1.165) is 16.5 Å². The maximum absolute atomic E-state index is 13.1. The van der Waals surface area contributed by atoms with Crippen molar-refractivity contribution in [3.8, 4) is 11.3 Å². The van der Waals surface area contributed by atoms with E-state index in [1.54, 1.807) is 12.1 Å². The van der Waals surface area contributed by atoms with Crippen LogP contribution in [0.5, 0.6) is 0 Å². The fourth-order valence-corrected chi connectivity index (χ4v) is 2.93. The topological polar surface area (TPSA) is 86.5 Å². The number of carbonyl (C=O) groups excluding carboxylic acids is 1. The third kappa shape index (κ3) is 3.06. The Labute approximate surface area is 148 Å². The van der Waals surface area contributed by atoms with Gasteiger partial charge in [-0.15, -0.1) is 0 Å². The van der Waals surface area contributed by atoms with Gasteiger partial charge in [-0.1, -0.05) is 18.2 Å². The van der Waals surface area contributed by atoms with Gasteiger partial charge in [0.1, 0.15) is 11.5 Å². The van der Waals surface area contributed by atoms with E-state index in [9.17, 15) is 9.18 Å². The number of nitrogens with zero attached hydrogens (tertiary/aromatic N) is 2. The first-order valence-corrected chi connectivity index (χ1v) is 8.22. The van der Waals surface area contributed by atoms with Crippen LogP contribution in [0.2, 0.25) is 0 Å². The van der Waals surface area contributed by atoms with Gasteiger partial charge in [0.25, 0.3) is 5.91 Å². The number of benzene rings is 2. The van der Waals surface area contributed by atoms with E-state index in [1.165, 1.54) is 12.1 Å². The highest BCUT2D eigenvalue weighted by Crippen LogP contribution is 2.20. The highest BCUT2D eigenvalue weighted by molar-refractivity contribution is 5.97. The number of H-pyrrole nitrogens is 2. The lowest BCUT2D eigenvalue weighted by atomic mass is 10.1. The van der Waals surface area contributed by atoms with Crippen molar-refractivity contribution in [2.45, 2.75) is 6.42 Å². The van der Waals surface area contributed by atoms with E-state index < -0.39 is 0 Å². The summed E-state index contributed by atoms with van der Waals surface area (Å²) < 4.78 is 13.1. The minimum absolute atomic E-state index is 0.190. The fraction of sp³-hybridized carbons (Fsp3) is 0.105. The largest absolute Gasteiger partial charge is 0.361 e. The molecule has 4 aromatic rings. The first-order valence-electron chi connectivity index (χ1n) is 8.22. The lowest BCUT2D eigenvalue weighted by Gasteiger charge is -2.04. The van der Waals surface area contributed by atoms with Gasteiger partial charge >= 0.3 is 0 Å². The van der Waals surface area contributed by atoms with E-state index in [2.05, 4.69) is 25.7 Å². The predicted octanol–water partition coefficient (Wildman–Crippen LogP) is 3.06. The molecule has 0 bridgehead atoms. The quantitative estimate of drug-likeness (QED) is 0.517. The number of fused-ring (bicyclic) bond motifs is 1. The number of aromatic nitrogens is 4. The molecule has 0 aliphatic heterocycles. The van der Waals surface area contributed by atoms with Gasteiger partial charge in [-0.2, -0.15) is 15.4 Å². The van der Waals surface area contributed by atoms with Crippen LogP contribution in [0, 0.1) is 5.82 Å². The van der Waals surface area contributed by atoms with E-state index in [0.29, 0.717) is 24.2 Å². The van der Waals surface area contributed by atoms with Crippen molar-refractivity contribution in [1.82, 2.24) is 25.7 Å². The first kappa shape index (κ1) is 16.0. The van der Waals surface area contributed by atoms with Crippen LogP contribution < -0.4 is 5.32 Å². The molecular formula is C19H16FN5O. The molecule has 0 saturated heterocycles. The fourth-order valence-electron chi connectivity index (χ4n) is 2.93. The lowest BCUT2D eigenvalue weighted by Crippen LogP contribution is -2.26. The second kappa shape index (κ2) is 6.79. The van der Waals surface area contributed by atoms with Crippen LogP contribution in [-0.4, -0.2) is 32.8 Å². The average molecular weight is 349 g/mol. The molecule has 6 nitrogen and oxygen atoms in total. The van der Waals surface area contributed by atoms with E-state index >= 15 is 0 Å². The normalized spacial score (nSPS) is 11.0. The molecule has 0 aliphatic carbocycles. The zero-order valence-corrected chi connectivity index (χ0v) is 13.8. The molecule has 0 fully saturated rings. The zero-order chi connectivity index (χ0) is 17.9. The molecule has 2 aromatic carbocycles. The molecule has 0 radical (unpaired) electrons. The Hall–Kier alpha value is -3.48. The lowest BCUT2D eigenvalue weighted by molar-refractivity contribution is 0.0950. The summed E-state index contributed by atoms with van der Waals surface area (Å²) in [5.41, 5.74) is 3.43. The smallest absolute Gasteiger partial charge is 0.274 e. The van der Waals surface area contributed by atoms with Crippen LogP contribution in [0.15, 0.2) is 54.7 Å². The molecule has 0 atom stereocenters. The molecule has 1 amide bonds. The van der Waals surface area contributed by atoms with Crippen molar-refractivity contribution in [3.63, 3.8) is 0 Å². The molecule has 130 valence electrons. The number of nitrogens with one attached hydrogen (secondary N) is 3. The van der Waals surface area contributed by atoms with Crippen molar-refractivity contribution in [2.75, 3.05) is 6.54 Å². The highest BCUT2D eigenvalue weighted by atomic mass is 19.1. The van der Waals surface area contributed by atoms with E-state index in [4.69, 9.17) is 0 Å². The van der Waals surface area contributed by atoms with Crippen LogP contribution in [0.3, 0.4) is 0 Å². The summed E-state index contributed by atoms with van der Waals surface area (Å²) in [5, 5.41) is 14.4. The van der Waals surface area contributed by atoms with Crippen LogP contribution in [0.1, 0.15) is 16.1 Å². The van der Waals surface area contributed by atoms with Crippen molar-refractivity contribution in [2.24, 2.45) is 0 Å². The summed E-state index contributed by atoms with van der Waals surface area (Å²) in [4.78, 5) is 15.7. The summed E-state index contributed by atoms with van der Waals surface area (Å²) in [7, 11) is 0. The standard InChI is InChI=1S/C19H16FN5O/c20-14-7-5-12(6-8-14)17-18(24-25-23-17)19(26)21-10-9-13-11-22-16-4-2-1-3-15(13)16/h1-8,11,22H,9-10H2,(H,21,26)(H,23,24,25). The minimum atomic E-state index is -0.345. The Morgan fingerprint density at radius 3 is 2.73 bits per heavy atom. The highest BCUT2D eigenvalue weighted by Gasteiger charge is 2.17. The Morgan fingerprint density at radius 1 is 1.08 bits per heavy atom. The second-order valence-electron chi connectivity index (χ2n) is 5.89. The molecule has 3 N–H and O–H groups in total. The Kier molecular flexibility index (Phi) is 4.18. The molecule has 7 heteroatoms. The summed E-state index contributed by atoms with van der Waals surface area (Å²) in [6, 6.07) is 13.8. The SMILES string of the molecule is O=C(NCCc1c[nH]c2ccccc12)c1n[nH]nc1-c1ccc(F)cc1. The van der Waals surface area contributed by atoms with Crippen molar-refractivity contribution < 1.29 is 9.18 Å². The average Bonchev–Trinajstić information content (AvgIpc) is 3.30. The van der Waals surface area contributed by atoms with Gasteiger partial charge in [0.15, 0.2) is 5.69 Å². The molecular weight excluding hydrogens is 333 g/mol. The number of amides is 1. The predicted molar refractivity (Wildman–Crippen MR) is 96.1 cm³/mol. The minimum Gasteiger partial charge on any atom is -0.361 e. The summed E-state index contributed by atoms with van der Waals surface area (Å²) in [6.07, 6.45) is 2.65. The van der Waals surface area contributed by atoms with Gasteiger partial charge in [-0.05, 0) is 42.3 Å². The molecule has 0 unspecified atom stereocenters. The molecule has 26 heavy (non-hydrogen) atoms. The summed E-state index contributed by atoms with van der Waals surface area (Å²) in [6.45, 7) is 0.469. The Balaban J connectivity index is 1.44. The second-order valence-corrected chi connectivity index (χ2v) is 5.89. The number of aromatic amines is 2. The Morgan fingerprint density at radius 2 is 1.88 bits per heavy atom. The van der Waals surface area contributed by atoms with Crippen molar-refractivity contribution in [3.05, 3.63) is 71.8 Å². The van der Waals surface area contributed by atoms with Crippen LogP contribution in [0.4, 0.5) is 4.39 Å². The maximum atomic E-state index is 13.1. The third-order valence-corrected chi connectivity index (χ3v) is 4.24. The van der Waals surface area contributed by atoms with Crippen molar-refractivity contribution in [1.29, 1.82) is 0 Å². The molecule has 0 spiro atoms. The third-order valence-electron chi connectivity index (χ3n) is 4.24. The molecule has 2 aromatic heterocycles.